The summed E-state index contributed by atoms with van der Waals surface area (Å²) in [6, 6.07) is 18.7. The molecule has 0 saturated carbocycles. The van der Waals surface area contributed by atoms with Gasteiger partial charge in [-0.25, -0.2) is 9.59 Å². The van der Waals surface area contributed by atoms with E-state index in [4.69, 9.17) is 29.0 Å². The van der Waals surface area contributed by atoms with Crippen LogP contribution >= 0.6 is 0 Å². The average Bonchev–Trinajstić information content (AvgIpc) is 3.04. The first-order valence-corrected chi connectivity index (χ1v) is 19.7. The predicted octanol–water partition coefficient (Wildman–Crippen LogP) is 5.78. The number of carbonyl (C=O) groups is 2. The zero-order valence-electron chi connectivity index (χ0n) is 25.7. The fourth-order valence-corrected chi connectivity index (χ4v) is 10.7. The maximum absolute atomic E-state index is 12.7. The van der Waals surface area contributed by atoms with Gasteiger partial charge in [-0.2, -0.15) is 0 Å². The standard InChI is InChI=1S/C32H46O8Si2/c1-8-35-23-24-36-25-30(37-39-31(33)26-15-19-28(20-16-26)41(9-2,10-3)11-4)38-40-32(34)27-17-21-29(22-18-27)42(12-5,13-6)14-7/h9,12,15-22,30H,2,5,8,10-11,13-14,23-25H2,1,3-4,6-7H3. The summed E-state index contributed by atoms with van der Waals surface area (Å²) in [5.41, 5.74) is 4.78. The zero-order valence-corrected chi connectivity index (χ0v) is 27.7. The number of hydrogen-bond donors (Lipinski definition) is 0. The first kappa shape index (κ1) is 35.3. The van der Waals surface area contributed by atoms with Crippen LogP contribution in [0.25, 0.3) is 0 Å². The lowest BCUT2D eigenvalue weighted by Crippen LogP contribution is -2.44. The Morgan fingerprint density at radius 3 is 1.38 bits per heavy atom. The van der Waals surface area contributed by atoms with Crippen LogP contribution in [0.1, 0.15) is 55.3 Å². The Hall–Kier alpha value is -2.87. The number of rotatable bonds is 20. The Labute approximate surface area is 252 Å². The van der Waals surface area contributed by atoms with Crippen molar-refractivity contribution >= 4 is 38.5 Å². The van der Waals surface area contributed by atoms with Gasteiger partial charge >= 0.3 is 11.9 Å². The predicted molar refractivity (Wildman–Crippen MR) is 170 cm³/mol. The summed E-state index contributed by atoms with van der Waals surface area (Å²) < 4.78 is 10.7. The Bertz CT molecular complexity index is 1040. The maximum Gasteiger partial charge on any atom is 0.373 e. The van der Waals surface area contributed by atoms with Gasteiger partial charge in [0, 0.05) is 6.61 Å². The van der Waals surface area contributed by atoms with E-state index in [9.17, 15) is 9.59 Å². The van der Waals surface area contributed by atoms with Crippen molar-refractivity contribution in [1.82, 2.24) is 0 Å². The minimum atomic E-state index is -1.80. The Kier molecular flexibility index (Phi) is 15.1. The molecule has 230 valence electrons. The van der Waals surface area contributed by atoms with E-state index < -0.39 is 34.4 Å². The Morgan fingerprint density at radius 2 is 1.05 bits per heavy atom. The molecule has 10 heteroatoms. The maximum atomic E-state index is 12.7. The van der Waals surface area contributed by atoms with Crippen molar-refractivity contribution < 1.29 is 38.6 Å². The van der Waals surface area contributed by atoms with Crippen molar-refractivity contribution in [1.29, 1.82) is 0 Å². The van der Waals surface area contributed by atoms with E-state index in [-0.39, 0.29) is 13.2 Å². The molecule has 0 amide bonds. The van der Waals surface area contributed by atoms with Gasteiger partial charge in [0.1, 0.15) is 22.8 Å². The molecule has 0 atom stereocenters. The second-order valence-corrected chi connectivity index (χ2v) is 19.3. The van der Waals surface area contributed by atoms with Crippen molar-refractivity contribution in [2.24, 2.45) is 0 Å². The minimum absolute atomic E-state index is 0.174. The molecule has 0 aromatic heterocycles. The van der Waals surface area contributed by atoms with Gasteiger partial charge in [0.25, 0.3) is 6.29 Å². The van der Waals surface area contributed by atoms with Crippen LogP contribution < -0.4 is 10.4 Å². The average molecular weight is 615 g/mol. The molecule has 0 fully saturated rings. The zero-order chi connectivity index (χ0) is 31.0. The molecule has 42 heavy (non-hydrogen) atoms. The molecule has 0 aliphatic heterocycles. The number of benzene rings is 2. The lowest BCUT2D eigenvalue weighted by Gasteiger charge is -2.26. The molecule has 0 aliphatic rings. The molecular weight excluding hydrogens is 569 g/mol. The van der Waals surface area contributed by atoms with Crippen molar-refractivity contribution in [2.45, 2.75) is 65.1 Å². The van der Waals surface area contributed by atoms with Crippen LogP contribution in [-0.4, -0.2) is 60.8 Å². The normalized spacial score (nSPS) is 11.8. The minimum Gasteiger partial charge on any atom is -0.379 e. The third-order valence-electron chi connectivity index (χ3n) is 7.99. The molecule has 2 rings (SSSR count). The van der Waals surface area contributed by atoms with Gasteiger partial charge in [0.15, 0.2) is 0 Å². The lowest BCUT2D eigenvalue weighted by atomic mass is 10.2. The molecule has 0 spiro atoms. The molecule has 0 N–H and O–H groups in total. The Morgan fingerprint density at radius 1 is 0.667 bits per heavy atom. The third-order valence-corrected chi connectivity index (χ3v) is 17.6. The summed E-state index contributed by atoms with van der Waals surface area (Å²) in [7, 11) is -3.60. The van der Waals surface area contributed by atoms with Crippen molar-refractivity contribution in [3.05, 3.63) is 84.2 Å². The first-order valence-electron chi connectivity index (χ1n) is 14.7. The fraction of sp³-hybridized carbons (Fsp3) is 0.438. The molecular formula is C32H46O8Si2. The fourth-order valence-electron chi connectivity index (χ4n) is 4.81. The summed E-state index contributed by atoms with van der Waals surface area (Å²) in [6.07, 6.45) is -1.32. The molecule has 2 aromatic carbocycles. The topological polar surface area (TPSA) is 89.5 Å². The van der Waals surface area contributed by atoms with Gasteiger partial charge in [-0.05, 0) is 31.2 Å². The molecule has 2 aromatic rings. The van der Waals surface area contributed by atoms with Crippen LogP contribution in [0.3, 0.4) is 0 Å². The lowest BCUT2D eigenvalue weighted by molar-refractivity contribution is -0.427. The van der Waals surface area contributed by atoms with Gasteiger partial charge < -0.3 is 9.47 Å². The number of hydrogen-bond acceptors (Lipinski definition) is 8. The second kappa shape index (κ2) is 17.9. The van der Waals surface area contributed by atoms with Gasteiger partial charge in [0.05, 0.1) is 24.3 Å². The highest BCUT2D eigenvalue weighted by Gasteiger charge is 2.29. The van der Waals surface area contributed by atoms with E-state index in [0.717, 1.165) is 24.2 Å². The quantitative estimate of drug-likeness (QED) is 0.0609. The van der Waals surface area contributed by atoms with E-state index in [0.29, 0.717) is 24.3 Å². The van der Waals surface area contributed by atoms with Gasteiger partial charge in [-0.1, -0.05) is 97.9 Å². The molecule has 0 saturated heterocycles. The SMILES string of the molecule is C=C[Si](CC)(CC)c1ccc(C(=O)OOC(COCCOCC)OOC(=O)c2ccc([Si](C=C)(CC)CC)cc2)cc1. The van der Waals surface area contributed by atoms with Gasteiger partial charge in [-0.15, -0.1) is 22.9 Å². The number of ether oxygens (including phenoxy) is 2. The van der Waals surface area contributed by atoms with Crippen LogP contribution in [0, 0.1) is 0 Å². The van der Waals surface area contributed by atoms with Crippen LogP contribution in [-0.2, 0) is 29.0 Å². The van der Waals surface area contributed by atoms with Crippen LogP contribution in [0.2, 0.25) is 24.2 Å². The Balaban J connectivity index is 2.04. The molecule has 0 unspecified atom stereocenters. The smallest absolute Gasteiger partial charge is 0.373 e. The molecule has 0 aliphatic carbocycles. The molecule has 8 nitrogen and oxygen atoms in total. The highest BCUT2D eigenvalue weighted by atomic mass is 28.3. The van der Waals surface area contributed by atoms with Crippen LogP contribution in [0.15, 0.2) is 73.1 Å². The first-order chi connectivity index (χ1) is 20.3. The highest BCUT2D eigenvalue weighted by molar-refractivity contribution is 6.96. The van der Waals surface area contributed by atoms with Gasteiger partial charge in [-0.3, -0.25) is 9.78 Å². The van der Waals surface area contributed by atoms with E-state index in [1.165, 1.54) is 10.4 Å². The molecule has 0 radical (unpaired) electrons. The summed E-state index contributed by atoms with van der Waals surface area (Å²) in [6.45, 7) is 19.6. The van der Waals surface area contributed by atoms with Crippen molar-refractivity contribution in [2.75, 3.05) is 26.4 Å². The van der Waals surface area contributed by atoms with E-state index in [2.05, 4.69) is 52.3 Å². The number of carbonyl (C=O) groups excluding carboxylic acids is 2. The van der Waals surface area contributed by atoms with Crippen molar-refractivity contribution in [3.8, 4) is 0 Å². The summed E-state index contributed by atoms with van der Waals surface area (Å²) in [5.74, 6) is -1.43. The van der Waals surface area contributed by atoms with E-state index in [1.54, 1.807) is 24.3 Å². The largest absolute Gasteiger partial charge is 0.379 e. The van der Waals surface area contributed by atoms with Gasteiger partial charge in [0.2, 0.25) is 0 Å². The van der Waals surface area contributed by atoms with E-state index in [1.807, 2.05) is 31.2 Å². The van der Waals surface area contributed by atoms with Crippen molar-refractivity contribution in [3.63, 3.8) is 0 Å². The highest BCUT2D eigenvalue weighted by Crippen LogP contribution is 2.18. The van der Waals surface area contributed by atoms with E-state index >= 15 is 0 Å². The summed E-state index contributed by atoms with van der Waals surface area (Å²) in [4.78, 5) is 45.8. The molecule has 0 bridgehead atoms. The second-order valence-electron chi connectivity index (χ2n) is 9.92. The third kappa shape index (κ3) is 9.32. The molecule has 0 heterocycles. The summed E-state index contributed by atoms with van der Waals surface area (Å²) in [5, 5.41) is 2.40. The van der Waals surface area contributed by atoms with Crippen LogP contribution in [0.4, 0.5) is 0 Å². The summed E-state index contributed by atoms with van der Waals surface area (Å²) >= 11 is 0. The van der Waals surface area contributed by atoms with Crippen LogP contribution in [0.5, 0.6) is 0 Å². The monoisotopic (exact) mass is 614 g/mol.